The number of nitrogens with two attached hydrogens (primary N) is 1. The van der Waals surface area contributed by atoms with Gasteiger partial charge in [0.2, 0.25) is 0 Å². The predicted molar refractivity (Wildman–Crippen MR) is 75.2 cm³/mol. The molecule has 0 aliphatic carbocycles. The minimum Gasteiger partial charge on any atom is -0.375 e. The van der Waals surface area contributed by atoms with E-state index in [0.717, 1.165) is 4.88 Å². The van der Waals surface area contributed by atoms with Crippen LogP contribution < -0.4 is 5.73 Å². The number of hydrogen-bond donors (Lipinski definition) is 1. The largest absolute Gasteiger partial charge is 0.375 e. The van der Waals surface area contributed by atoms with Gasteiger partial charge in [0.1, 0.15) is 0 Å². The van der Waals surface area contributed by atoms with E-state index in [2.05, 4.69) is 36.2 Å². The maximum absolute atomic E-state index is 5.63. The van der Waals surface area contributed by atoms with E-state index in [9.17, 15) is 0 Å². The Morgan fingerprint density at radius 1 is 1.18 bits per heavy atom. The van der Waals surface area contributed by atoms with Gasteiger partial charge in [0.05, 0.1) is 4.88 Å². The average molecular weight is 246 g/mol. The second-order valence-corrected chi connectivity index (χ2v) is 5.28. The van der Waals surface area contributed by atoms with E-state index in [-0.39, 0.29) is 0 Å². The first-order valence-corrected chi connectivity index (χ1v) is 6.92. The molecule has 0 saturated carbocycles. The van der Waals surface area contributed by atoms with Crippen LogP contribution in [0.3, 0.4) is 0 Å². The lowest BCUT2D eigenvalue weighted by Gasteiger charge is -2.02. The summed E-state index contributed by atoms with van der Waals surface area (Å²) >= 11 is 1.53. The molecule has 0 bridgehead atoms. The lowest BCUT2D eigenvalue weighted by atomic mass is 10.1. The van der Waals surface area contributed by atoms with E-state index in [1.165, 1.54) is 48.1 Å². The number of nitrogen functional groups attached to an aromatic ring is 1. The van der Waals surface area contributed by atoms with Gasteiger partial charge in [-0.3, -0.25) is 0 Å². The van der Waals surface area contributed by atoms with Crippen LogP contribution >= 0.6 is 11.3 Å². The summed E-state index contributed by atoms with van der Waals surface area (Å²) in [7, 11) is 0. The summed E-state index contributed by atoms with van der Waals surface area (Å²) in [6.07, 6.45) is 6.89. The highest BCUT2D eigenvalue weighted by atomic mass is 32.1. The van der Waals surface area contributed by atoms with Crippen LogP contribution in [0.2, 0.25) is 0 Å². The van der Waals surface area contributed by atoms with Crippen molar-refractivity contribution in [3.63, 3.8) is 0 Å². The third-order valence-electron chi connectivity index (χ3n) is 2.83. The smallest absolute Gasteiger partial charge is 0.180 e. The number of hydrogen-bond acceptors (Lipinski definition) is 3. The summed E-state index contributed by atoms with van der Waals surface area (Å²) in [6.45, 7) is 2.23. The van der Waals surface area contributed by atoms with Gasteiger partial charge in [-0.25, -0.2) is 4.98 Å². The first-order chi connectivity index (χ1) is 8.29. The van der Waals surface area contributed by atoms with Crippen LogP contribution in [0.4, 0.5) is 5.13 Å². The van der Waals surface area contributed by atoms with Gasteiger partial charge in [-0.05, 0) is 24.0 Å². The zero-order chi connectivity index (χ0) is 12.1. The lowest BCUT2D eigenvalue weighted by molar-refractivity contribution is 0.717. The van der Waals surface area contributed by atoms with Gasteiger partial charge in [0, 0.05) is 6.20 Å². The molecular formula is C14H18N2S. The Balaban J connectivity index is 2.02. The van der Waals surface area contributed by atoms with Crippen LogP contribution in [0, 0.1) is 0 Å². The summed E-state index contributed by atoms with van der Waals surface area (Å²) in [5.74, 6) is 0. The van der Waals surface area contributed by atoms with Crippen molar-refractivity contribution in [2.24, 2.45) is 0 Å². The molecule has 90 valence electrons. The van der Waals surface area contributed by atoms with Crippen molar-refractivity contribution in [3.05, 3.63) is 36.0 Å². The summed E-state index contributed by atoms with van der Waals surface area (Å²) in [5.41, 5.74) is 8.26. The van der Waals surface area contributed by atoms with Gasteiger partial charge in [-0.2, -0.15) is 0 Å². The van der Waals surface area contributed by atoms with Gasteiger partial charge < -0.3 is 5.73 Å². The topological polar surface area (TPSA) is 38.9 Å². The van der Waals surface area contributed by atoms with Crippen LogP contribution in [0.15, 0.2) is 30.5 Å². The van der Waals surface area contributed by atoms with Crippen LogP contribution in [-0.4, -0.2) is 4.98 Å². The normalized spacial score (nSPS) is 10.6. The maximum atomic E-state index is 5.63. The van der Waals surface area contributed by atoms with E-state index in [1.807, 2.05) is 6.20 Å². The number of aryl methyl sites for hydroxylation is 1. The Bertz CT molecular complexity index is 459. The summed E-state index contributed by atoms with van der Waals surface area (Å²) in [4.78, 5) is 5.21. The minimum atomic E-state index is 0.632. The molecule has 0 atom stereocenters. The molecule has 2 nitrogen and oxygen atoms in total. The number of nitrogens with zero attached hydrogens (tertiary/aromatic N) is 1. The van der Waals surface area contributed by atoms with Crippen LogP contribution in [-0.2, 0) is 6.42 Å². The number of benzene rings is 1. The van der Waals surface area contributed by atoms with E-state index < -0.39 is 0 Å². The van der Waals surface area contributed by atoms with Crippen LogP contribution in [0.25, 0.3) is 10.4 Å². The van der Waals surface area contributed by atoms with E-state index >= 15 is 0 Å². The molecule has 0 fully saturated rings. The molecule has 2 aromatic rings. The molecule has 0 aliphatic heterocycles. The molecule has 1 heterocycles. The summed E-state index contributed by atoms with van der Waals surface area (Å²) in [5, 5.41) is 0.632. The summed E-state index contributed by atoms with van der Waals surface area (Å²) in [6, 6.07) is 8.74. The monoisotopic (exact) mass is 246 g/mol. The molecule has 2 rings (SSSR count). The van der Waals surface area contributed by atoms with Crippen molar-refractivity contribution in [2.75, 3.05) is 5.73 Å². The Morgan fingerprint density at radius 2 is 1.94 bits per heavy atom. The molecule has 1 aromatic heterocycles. The van der Waals surface area contributed by atoms with Crippen molar-refractivity contribution in [2.45, 2.75) is 32.6 Å². The summed E-state index contributed by atoms with van der Waals surface area (Å²) < 4.78 is 0. The van der Waals surface area contributed by atoms with E-state index in [0.29, 0.717) is 5.13 Å². The van der Waals surface area contributed by atoms with E-state index in [4.69, 9.17) is 5.73 Å². The highest BCUT2D eigenvalue weighted by molar-refractivity contribution is 7.18. The van der Waals surface area contributed by atoms with Gasteiger partial charge >= 0.3 is 0 Å². The molecule has 0 spiro atoms. The number of aromatic nitrogens is 1. The Hall–Kier alpha value is -1.35. The third-order valence-corrected chi connectivity index (χ3v) is 3.71. The third kappa shape index (κ3) is 3.30. The molecule has 2 N–H and O–H groups in total. The molecular weight excluding hydrogens is 228 g/mol. The van der Waals surface area contributed by atoms with Crippen molar-refractivity contribution in [1.29, 1.82) is 0 Å². The molecule has 0 amide bonds. The molecule has 0 radical (unpaired) electrons. The van der Waals surface area contributed by atoms with E-state index in [1.54, 1.807) is 0 Å². The Kier molecular flexibility index (Phi) is 4.15. The fourth-order valence-corrected chi connectivity index (χ4v) is 2.53. The number of thiazole rings is 1. The van der Waals surface area contributed by atoms with Crippen molar-refractivity contribution >= 4 is 16.5 Å². The molecule has 17 heavy (non-hydrogen) atoms. The van der Waals surface area contributed by atoms with Crippen LogP contribution in [0.5, 0.6) is 0 Å². The van der Waals surface area contributed by atoms with Gasteiger partial charge in [0.15, 0.2) is 5.13 Å². The standard InChI is InChI=1S/C14H18N2S/c1-2-3-4-5-11-6-8-12(9-7-11)13-10-16-14(15)17-13/h6-10H,2-5H2,1H3,(H2,15,16). The second kappa shape index (κ2) is 5.82. The van der Waals surface area contributed by atoms with Crippen molar-refractivity contribution in [3.8, 4) is 10.4 Å². The maximum Gasteiger partial charge on any atom is 0.180 e. The first-order valence-electron chi connectivity index (χ1n) is 6.10. The highest BCUT2D eigenvalue weighted by Crippen LogP contribution is 2.27. The zero-order valence-electron chi connectivity index (χ0n) is 10.1. The molecule has 0 saturated heterocycles. The van der Waals surface area contributed by atoms with Gasteiger partial charge in [0.25, 0.3) is 0 Å². The quantitative estimate of drug-likeness (QED) is 0.806. The van der Waals surface area contributed by atoms with Gasteiger partial charge in [-0.1, -0.05) is 55.4 Å². The predicted octanol–water partition coefficient (Wildman–Crippen LogP) is 4.13. The molecule has 0 unspecified atom stereocenters. The fourth-order valence-electron chi connectivity index (χ4n) is 1.84. The average Bonchev–Trinajstić information content (AvgIpc) is 2.77. The Labute approximate surface area is 107 Å². The minimum absolute atomic E-state index is 0.632. The van der Waals surface area contributed by atoms with Gasteiger partial charge in [-0.15, -0.1) is 0 Å². The number of anilines is 1. The SMILES string of the molecule is CCCCCc1ccc(-c2cnc(N)s2)cc1. The first kappa shape index (κ1) is 12.1. The zero-order valence-corrected chi connectivity index (χ0v) is 11.0. The lowest BCUT2D eigenvalue weighted by Crippen LogP contribution is -1.85. The number of rotatable bonds is 5. The van der Waals surface area contributed by atoms with Crippen LogP contribution in [0.1, 0.15) is 31.7 Å². The molecule has 3 heteroatoms. The fraction of sp³-hybridized carbons (Fsp3) is 0.357. The number of unbranched alkanes of at least 4 members (excludes halogenated alkanes) is 2. The Morgan fingerprint density at radius 3 is 2.53 bits per heavy atom. The molecule has 0 aliphatic rings. The van der Waals surface area contributed by atoms with Crippen molar-refractivity contribution in [1.82, 2.24) is 4.98 Å². The second-order valence-electron chi connectivity index (χ2n) is 4.22. The molecule has 1 aromatic carbocycles. The highest BCUT2D eigenvalue weighted by Gasteiger charge is 2.02. The van der Waals surface area contributed by atoms with Crippen molar-refractivity contribution < 1.29 is 0 Å².